The van der Waals surface area contributed by atoms with Gasteiger partial charge < -0.3 is 11.5 Å². The maximum atomic E-state index is 7.11. The molecule has 0 fully saturated rings. The summed E-state index contributed by atoms with van der Waals surface area (Å²) in [5.41, 5.74) is 11.8. The first-order valence-electron chi connectivity index (χ1n) is 3.40. The minimum Gasteiger partial charge on any atom is -0.384 e. The second-order valence-corrected chi connectivity index (χ2v) is 2.40. The fourth-order valence-corrected chi connectivity index (χ4v) is 0.829. The molecule has 0 amide bonds. The molecular formula is C8H14Cl4N4. The summed E-state index contributed by atoms with van der Waals surface area (Å²) in [7, 11) is 0. The number of nitrogens with two attached hydrogens (primary N) is 2. The predicted molar refractivity (Wildman–Crippen MR) is 77.5 cm³/mol. The SMILES string of the molecule is Cl.Cl.Cl.Cl.N=C(N)c1ccc(C(=N)N)cc1. The Morgan fingerprint density at radius 2 is 0.875 bits per heavy atom. The van der Waals surface area contributed by atoms with Gasteiger partial charge in [-0.2, -0.15) is 0 Å². The van der Waals surface area contributed by atoms with Gasteiger partial charge in [0, 0.05) is 11.1 Å². The van der Waals surface area contributed by atoms with Gasteiger partial charge in [-0.25, -0.2) is 0 Å². The Morgan fingerprint density at radius 3 is 1.00 bits per heavy atom. The van der Waals surface area contributed by atoms with E-state index in [0.717, 1.165) is 0 Å². The van der Waals surface area contributed by atoms with Crippen LogP contribution < -0.4 is 11.5 Å². The van der Waals surface area contributed by atoms with E-state index in [1.807, 2.05) is 0 Å². The van der Waals surface area contributed by atoms with E-state index < -0.39 is 0 Å². The lowest BCUT2D eigenvalue weighted by molar-refractivity contribution is 1.40. The lowest BCUT2D eigenvalue weighted by atomic mass is 10.1. The Bertz CT molecular complexity index is 292. The third-order valence-corrected chi connectivity index (χ3v) is 1.51. The van der Waals surface area contributed by atoms with Gasteiger partial charge in [0.25, 0.3) is 0 Å². The van der Waals surface area contributed by atoms with Gasteiger partial charge in [0.05, 0.1) is 0 Å². The average Bonchev–Trinajstić information content (AvgIpc) is 2.04. The van der Waals surface area contributed by atoms with Crippen molar-refractivity contribution in [3.63, 3.8) is 0 Å². The largest absolute Gasteiger partial charge is 0.384 e. The first-order chi connectivity index (χ1) is 5.61. The van der Waals surface area contributed by atoms with Crippen LogP contribution in [0.5, 0.6) is 0 Å². The zero-order valence-corrected chi connectivity index (χ0v) is 11.4. The van der Waals surface area contributed by atoms with Crippen LogP contribution in [0.2, 0.25) is 0 Å². The monoisotopic (exact) mass is 306 g/mol. The molecule has 0 aliphatic rings. The number of hydrogen-bond donors (Lipinski definition) is 4. The number of benzene rings is 1. The summed E-state index contributed by atoms with van der Waals surface area (Å²) < 4.78 is 0. The Labute approximate surface area is 119 Å². The quantitative estimate of drug-likeness (QED) is 0.496. The molecule has 0 saturated carbocycles. The second kappa shape index (κ2) is 10.8. The van der Waals surface area contributed by atoms with Gasteiger partial charge in [0.15, 0.2) is 0 Å². The lowest BCUT2D eigenvalue weighted by Gasteiger charge is -1.99. The van der Waals surface area contributed by atoms with Crippen molar-refractivity contribution in [3.05, 3.63) is 35.4 Å². The maximum Gasteiger partial charge on any atom is 0.122 e. The van der Waals surface area contributed by atoms with Gasteiger partial charge in [0.2, 0.25) is 0 Å². The molecule has 8 heteroatoms. The Morgan fingerprint density at radius 1 is 0.688 bits per heavy atom. The van der Waals surface area contributed by atoms with Gasteiger partial charge in [-0.15, -0.1) is 49.6 Å². The molecule has 0 heterocycles. The third-order valence-electron chi connectivity index (χ3n) is 1.51. The molecule has 1 aromatic carbocycles. The van der Waals surface area contributed by atoms with E-state index in [4.69, 9.17) is 22.3 Å². The predicted octanol–water partition coefficient (Wildman–Crippen LogP) is 1.94. The smallest absolute Gasteiger partial charge is 0.122 e. The first-order valence-corrected chi connectivity index (χ1v) is 3.40. The van der Waals surface area contributed by atoms with Crippen molar-refractivity contribution in [2.75, 3.05) is 0 Å². The molecular weight excluding hydrogens is 294 g/mol. The van der Waals surface area contributed by atoms with Gasteiger partial charge in [0.1, 0.15) is 11.7 Å². The normalized spacial score (nSPS) is 7.00. The highest BCUT2D eigenvalue weighted by Crippen LogP contribution is 2.02. The molecule has 0 aliphatic heterocycles. The van der Waals surface area contributed by atoms with Crippen LogP contribution in [-0.4, -0.2) is 11.7 Å². The lowest BCUT2D eigenvalue weighted by Crippen LogP contribution is -2.13. The Kier molecular flexibility index (Phi) is 16.6. The summed E-state index contributed by atoms with van der Waals surface area (Å²) in [4.78, 5) is 0. The van der Waals surface area contributed by atoms with Crippen LogP contribution >= 0.6 is 49.6 Å². The first kappa shape index (κ1) is 24.5. The van der Waals surface area contributed by atoms with Gasteiger partial charge >= 0.3 is 0 Å². The molecule has 4 nitrogen and oxygen atoms in total. The summed E-state index contributed by atoms with van der Waals surface area (Å²) in [6.45, 7) is 0. The summed E-state index contributed by atoms with van der Waals surface area (Å²) in [5, 5.41) is 14.2. The molecule has 1 rings (SSSR count). The van der Waals surface area contributed by atoms with Crippen LogP contribution in [0.15, 0.2) is 24.3 Å². The molecule has 0 spiro atoms. The van der Waals surface area contributed by atoms with Crippen LogP contribution in [0.25, 0.3) is 0 Å². The molecule has 94 valence electrons. The van der Waals surface area contributed by atoms with E-state index in [1.54, 1.807) is 24.3 Å². The van der Waals surface area contributed by atoms with Crippen molar-refractivity contribution >= 4 is 61.3 Å². The Balaban J connectivity index is -0.000000180. The van der Waals surface area contributed by atoms with Crippen LogP contribution in [0.1, 0.15) is 11.1 Å². The number of nitrogens with one attached hydrogen (secondary N) is 2. The highest BCUT2D eigenvalue weighted by Gasteiger charge is 1.97. The van der Waals surface area contributed by atoms with E-state index in [-0.39, 0.29) is 61.3 Å². The van der Waals surface area contributed by atoms with Gasteiger partial charge in [-0.1, -0.05) is 24.3 Å². The highest BCUT2D eigenvalue weighted by molar-refractivity contribution is 5.98. The molecule has 0 bridgehead atoms. The molecule has 0 atom stereocenters. The van der Waals surface area contributed by atoms with Crippen molar-refractivity contribution in [3.8, 4) is 0 Å². The topological polar surface area (TPSA) is 99.7 Å². The molecule has 0 aromatic heterocycles. The highest BCUT2D eigenvalue weighted by atomic mass is 35.5. The molecule has 1 aromatic rings. The third kappa shape index (κ3) is 6.74. The molecule has 16 heavy (non-hydrogen) atoms. The average molecular weight is 308 g/mol. The number of amidine groups is 2. The van der Waals surface area contributed by atoms with Crippen LogP contribution in [0.4, 0.5) is 0 Å². The molecule has 0 radical (unpaired) electrons. The van der Waals surface area contributed by atoms with Crippen molar-refractivity contribution in [2.45, 2.75) is 0 Å². The van der Waals surface area contributed by atoms with E-state index in [0.29, 0.717) is 11.1 Å². The zero-order valence-electron chi connectivity index (χ0n) is 8.10. The number of rotatable bonds is 2. The number of hydrogen-bond acceptors (Lipinski definition) is 2. The van der Waals surface area contributed by atoms with Crippen LogP contribution in [-0.2, 0) is 0 Å². The van der Waals surface area contributed by atoms with Crippen LogP contribution in [0, 0.1) is 10.8 Å². The van der Waals surface area contributed by atoms with E-state index in [2.05, 4.69) is 0 Å². The minimum absolute atomic E-state index is 0. The van der Waals surface area contributed by atoms with Crippen molar-refractivity contribution in [1.82, 2.24) is 0 Å². The maximum absolute atomic E-state index is 7.11. The summed E-state index contributed by atoms with van der Waals surface area (Å²) in [6.07, 6.45) is 0. The van der Waals surface area contributed by atoms with E-state index in [9.17, 15) is 0 Å². The van der Waals surface area contributed by atoms with Gasteiger partial charge in [-0.3, -0.25) is 10.8 Å². The summed E-state index contributed by atoms with van der Waals surface area (Å²) in [6, 6.07) is 6.66. The minimum atomic E-state index is 0. The van der Waals surface area contributed by atoms with Gasteiger partial charge in [-0.05, 0) is 0 Å². The standard InChI is InChI=1S/C8H10N4.4ClH/c9-7(10)5-1-2-6(4-3-5)8(11)12;;;;/h1-4H,(H3,9,10)(H3,11,12);4*1H. The molecule has 0 aliphatic carbocycles. The van der Waals surface area contributed by atoms with E-state index >= 15 is 0 Å². The zero-order chi connectivity index (χ0) is 9.14. The number of nitrogen functional groups attached to an aromatic ring is 2. The van der Waals surface area contributed by atoms with E-state index in [1.165, 1.54) is 0 Å². The van der Waals surface area contributed by atoms with Crippen molar-refractivity contribution in [1.29, 1.82) is 10.8 Å². The summed E-state index contributed by atoms with van der Waals surface area (Å²) in [5.74, 6) is 0.0372. The fourth-order valence-electron chi connectivity index (χ4n) is 0.829. The molecule has 0 saturated heterocycles. The molecule has 0 unspecified atom stereocenters. The van der Waals surface area contributed by atoms with Crippen LogP contribution in [0.3, 0.4) is 0 Å². The van der Waals surface area contributed by atoms with Crippen molar-refractivity contribution < 1.29 is 0 Å². The second-order valence-electron chi connectivity index (χ2n) is 2.40. The molecule has 6 N–H and O–H groups in total. The Hall–Kier alpha value is -0.680. The fraction of sp³-hybridized carbons (Fsp3) is 0. The summed E-state index contributed by atoms with van der Waals surface area (Å²) >= 11 is 0. The number of halogens is 4. The van der Waals surface area contributed by atoms with Crippen molar-refractivity contribution in [2.24, 2.45) is 11.5 Å².